The first kappa shape index (κ1) is 22.3. The number of ether oxygens (including phenoxy) is 2. The Kier molecular flexibility index (Phi) is 5.93. The van der Waals surface area contributed by atoms with Crippen molar-refractivity contribution in [3.05, 3.63) is 83.4 Å². The second kappa shape index (κ2) is 9.04. The molecule has 0 unspecified atom stereocenters. The minimum atomic E-state index is -4.04. The largest absolute Gasteiger partial charge is 0.486 e. The summed E-state index contributed by atoms with van der Waals surface area (Å²) in [6.45, 7) is 1.20. The van der Waals surface area contributed by atoms with Crippen LogP contribution < -0.4 is 14.4 Å². The lowest BCUT2D eigenvalue weighted by molar-refractivity contribution is 0.171. The molecule has 0 saturated heterocycles. The maximum atomic E-state index is 13.7. The summed E-state index contributed by atoms with van der Waals surface area (Å²) in [6, 6.07) is 21.1. The van der Waals surface area contributed by atoms with Crippen LogP contribution in [0.4, 0.5) is 5.88 Å². The number of benzene rings is 3. The highest BCUT2D eigenvalue weighted by molar-refractivity contribution is 7.91. The molecular weight excluding hydrogens is 476 g/mol. The number of aromatic nitrogens is 1. The average Bonchev–Trinajstić information content (AvgIpc) is 3.31. The minimum absolute atomic E-state index is 0.0436. The van der Waals surface area contributed by atoms with Crippen molar-refractivity contribution in [2.24, 2.45) is 0 Å². The van der Waals surface area contributed by atoms with E-state index in [1.165, 1.54) is 12.1 Å². The molecular formula is C25H21ClN2O5S. The van der Waals surface area contributed by atoms with Crippen LogP contribution in [0.25, 0.3) is 11.5 Å². The van der Waals surface area contributed by atoms with Crippen molar-refractivity contribution in [3.63, 3.8) is 0 Å². The Morgan fingerprint density at radius 2 is 1.65 bits per heavy atom. The molecule has 0 aliphatic carbocycles. The van der Waals surface area contributed by atoms with E-state index in [4.69, 9.17) is 25.5 Å². The second-order valence-electron chi connectivity index (χ2n) is 7.79. The summed E-state index contributed by atoms with van der Waals surface area (Å²) in [5.74, 6) is 1.22. The van der Waals surface area contributed by atoms with Gasteiger partial charge in [0.2, 0.25) is 26.6 Å². The molecule has 3 aromatic carbocycles. The molecule has 0 spiro atoms. The van der Waals surface area contributed by atoms with E-state index in [0.717, 1.165) is 5.56 Å². The monoisotopic (exact) mass is 496 g/mol. The Balaban J connectivity index is 1.60. The van der Waals surface area contributed by atoms with Gasteiger partial charge in [-0.3, -0.25) is 0 Å². The van der Waals surface area contributed by atoms with Crippen molar-refractivity contribution < 1.29 is 22.3 Å². The summed E-state index contributed by atoms with van der Waals surface area (Å²) < 4.78 is 44.6. The Bertz CT molecular complexity index is 1420. The second-order valence-corrected chi connectivity index (χ2v) is 10.1. The van der Waals surface area contributed by atoms with Gasteiger partial charge < -0.3 is 18.8 Å². The quantitative estimate of drug-likeness (QED) is 0.361. The fraction of sp³-hybridized carbons (Fsp3) is 0.160. The molecule has 1 aliphatic heterocycles. The molecule has 7 nitrogen and oxygen atoms in total. The van der Waals surface area contributed by atoms with E-state index in [1.807, 2.05) is 30.3 Å². The molecule has 0 atom stereocenters. The minimum Gasteiger partial charge on any atom is -0.486 e. The summed E-state index contributed by atoms with van der Waals surface area (Å²) in [7, 11) is -2.28. The van der Waals surface area contributed by atoms with Crippen molar-refractivity contribution in [1.29, 1.82) is 0 Å². The number of sulfone groups is 1. The molecule has 0 saturated carbocycles. The first-order chi connectivity index (χ1) is 16.4. The number of nitrogens with zero attached hydrogens (tertiary/aromatic N) is 2. The molecule has 1 aliphatic rings. The SMILES string of the molecule is CN(Cc1ccccc1)c1oc(-c2ccc(Cl)cc2)nc1S(=O)(=O)c1ccc2c(c1)OCCO2. The lowest BCUT2D eigenvalue weighted by Gasteiger charge is -2.19. The van der Waals surface area contributed by atoms with Crippen LogP contribution in [0, 0.1) is 0 Å². The van der Waals surface area contributed by atoms with Crippen molar-refractivity contribution in [1.82, 2.24) is 4.98 Å². The van der Waals surface area contributed by atoms with Gasteiger partial charge in [-0.1, -0.05) is 41.9 Å². The molecule has 0 radical (unpaired) electrons. The highest BCUT2D eigenvalue weighted by Crippen LogP contribution is 2.38. The summed E-state index contributed by atoms with van der Waals surface area (Å²) in [4.78, 5) is 6.19. The lowest BCUT2D eigenvalue weighted by atomic mass is 10.2. The van der Waals surface area contributed by atoms with E-state index in [-0.39, 0.29) is 21.7 Å². The van der Waals surface area contributed by atoms with Crippen LogP contribution >= 0.6 is 11.6 Å². The van der Waals surface area contributed by atoms with Gasteiger partial charge in [-0.25, -0.2) is 8.42 Å². The number of hydrogen-bond donors (Lipinski definition) is 0. The van der Waals surface area contributed by atoms with Gasteiger partial charge in [-0.05, 0) is 42.0 Å². The van der Waals surface area contributed by atoms with Crippen LogP contribution in [0.3, 0.4) is 0 Å². The van der Waals surface area contributed by atoms with Crippen LogP contribution in [-0.4, -0.2) is 33.7 Å². The molecule has 0 N–H and O–H groups in total. The van der Waals surface area contributed by atoms with E-state index < -0.39 is 9.84 Å². The van der Waals surface area contributed by atoms with E-state index in [2.05, 4.69) is 4.98 Å². The summed E-state index contributed by atoms with van der Waals surface area (Å²) in [5.41, 5.74) is 1.61. The predicted octanol–water partition coefficient (Wildman–Crippen LogP) is 5.24. The zero-order valence-electron chi connectivity index (χ0n) is 18.3. The van der Waals surface area contributed by atoms with Gasteiger partial charge >= 0.3 is 0 Å². The number of fused-ring (bicyclic) bond motifs is 1. The van der Waals surface area contributed by atoms with Gasteiger partial charge in [0.15, 0.2) is 11.5 Å². The molecule has 5 rings (SSSR count). The number of rotatable bonds is 6. The van der Waals surface area contributed by atoms with Gasteiger partial charge in [-0.2, -0.15) is 4.98 Å². The molecule has 2 heterocycles. The summed E-state index contributed by atoms with van der Waals surface area (Å²) in [6.07, 6.45) is 0. The van der Waals surface area contributed by atoms with Crippen LogP contribution in [0.2, 0.25) is 5.02 Å². The zero-order chi connectivity index (χ0) is 23.7. The molecule has 174 valence electrons. The number of oxazole rings is 1. The zero-order valence-corrected chi connectivity index (χ0v) is 19.8. The Labute approximate surface area is 202 Å². The number of anilines is 1. The number of hydrogen-bond acceptors (Lipinski definition) is 7. The van der Waals surface area contributed by atoms with Crippen LogP contribution in [-0.2, 0) is 16.4 Å². The maximum absolute atomic E-state index is 13.7. The van der Waals surface area contributed by atoms with E-state index in [0.29, 0.717) is 41.8 Å². The van der Waals surface area contributed by atoms with Crippen molar-refractivity contribution in [3.8, 4) is 23.0 Å². The highest BCUT2D eigenvalue weighted by Gasteiger charge is 2.31. The van der Waals surface area contributed by atoms with Crippen molar-refractivity contribution >= 4 is 27.3 Å². The molecule has 0 amide bonds. The van der Waals surface area contributed by atoms with Gasteiger partial charge in [0.1, 0.15) is 13.2 Å². The van der Waals surface area contributed by atoms with E-state index in [9.17, 15) is 8.42 Å². The summed E-state index contributed by atoms with van der Waals surface area (Å²) in [5, 5.41) is 0.383. The maximum Gasteiger partial charge on any atom is 0.236 e. The molecule has 9 heteroatoms. The standard InChI is InChI=1S/C25H21ClN2O5S/c1-28(16-17-5-3-2-4-6-17)25-24(27-23(33-25)18-7-9-19(26)10-8-18)34(29,30)20-11-12-21-22(15-20)32-14-13-31-21/h2-12,15H,13-14,16H2,1H3. The Morgan fingerprint density at radius 1 is 0.941 bits per heavy atom. The first-order valence-electron chi connectivity index (χ1n) is 10.6. The lowest BCUT2D eigenvalue weighted by Crippen LogP contribution is -2.19. The number of halogens is 1. The topological polar surface area (TPSA) is 81.9 Å². The first-order valence-corrected chi connectivity index (χ1v) is 12.4. The Hall–Kier alpha value is -3.49. The van der Waals surface area contributed by atoms with Crippen molar-refractivity contribution in [2.75, 3.05) is 25.2 Å². The highest BCUT2D eigenvalue weighted by atomic mass is 35.5. The van der Waals surface area contributed by atoms with Gasteiger partial charge in [0, 0.05) is 30.2 Å². The smallest absolute Gasteiger partial charge is 0.236 e. The fourth-order valence-electron chi connectivity index (χ4n) is 3.66. The van der Waals surface area contributed by atoms with Crippen LogP contribution in [0.15, 0.2) is 87.1 Å². The van der Waals surface area contributed by atoms with Crippen LogP contribution in [0.5, 0.6) is 11.5 Å². The fourth-order valence-corrected chi connectivity index (χ4v) is 5.15. The van der Waals surface area contributed by atoms with Crippen LogP contribution in [0.1, 0.15) is 5.56 Å². The van der Waals surface area contributed by atoms with Gasteiger partial charge in [0.05, 0.1) is 4.90 Å². The molecule has 0 bridgehead atoms. The molecule has 4 aromatic rings. The van der Waals surface area contributed by atoms with E-state index in [1.54, 1.807) is 42.3 Å². The Morgan fingerprint density at radius 3 is 2.38 bits per heavy atom. The third kappa shape index (κ3) is 4.34. The van der Waals surface area contributed by atoms with Crippen molar-refractivity contribution in [2.45, 2.75) is 16.5 Å². The molecule has 34 heavy (non-hydrogen) atoms. The third-order valence-corrected chi connectivity index (χ3v) is 7.26. The normalized spacial score (nSPS) is 13.0. The van der Waals surface area contributed by atoms with Gasteiger partial charge in [0.25, 0.3) is 0 Å². The summed E-state index contributed by atoms with van der Waals surface area (Å²) >= 11 is 6.01. The average molecular weight is 497 g/mol. The third-order valence-electron chi connectivity index (χ3n) is 5.36. The van der Waals surface area contributed by atoms with Gasteiger partial charge in [-0.15, -0.1) is 0 Å². The predicted molar refractivity (Wildman–Crippen MR) is 128 cm³/mol. The molecule has 0 fully saturated rings. The van der Waals surface area contributed by atoms with E-state index >= 15 is 0 Å². The molecule has 1 aromatic heterocycles.